The minimum atomic E-state index is 0.102. The van der Waals surface area contributed by atoms with E-state index in [1.54, 1.807) is 14.2 Å². The summed E-state index contributed by atoms with van der Waals surface area (Å²) in [5, 5.41) is 0. The lowest BCUT2D eigenvalue weighted by molar-refractivity contribution is 0.0991. The number of ether oxygens (including phenoxy) is 2. The maximum absolute atomic E-state index is 13.0. The van der Waals surface area contributed by atoms with Crippen molar-refractivity contribution < 1.29 is 14.3 Å². The normalized spacial score (nSPS) is 11.0. The van der Waals surface area contributed by atoms with Gasteiger partial charge in [0, 0.05) is 17.5 Å². The Labute approximate surface area is 151 Å². The van der Waals surface area contributed by atoms with Crippen molar-refractivity contribution in [1.29, 1.82) is 0 Å². The summed E-state index contributed by atoms with van der Waals surface area (Å²) in [4.78, 5) is 13.0. The van der Waals surface area contributed by atoms with Crippen molar-refractivity contribution >= 4 is 5.78 Å². The van der Waals surface area contributed by atoms with Crippen molar-refractivity contribution in [3.05, 3.63) is 58.7 Å². The molecular weight excluding hydrogens is 312 g/mol. The summed E-state index contributed by atoms with van der Waals surface area (Å²) in [6.45, 7) is 8.59. The molecule has 2 aromatic rings. The number of rotatable bonds is 7. The highest BCUT2D eigenvalue weighted by Crippen LogP contribution is 2.29. The van der Waals surface area contributed by atoms with Gasteiger partial charge in [-0.2, -0.15) is 0 Å². The van der Waals surface area contributed by atoms with Gasteiger partial charge in [-0.1, -0.05) is 45.9 Å². The molecule has 0 aliphatic carbocycles. The van der Waals surface area contributed by atoms with E-state index >= 15 is 0 Å². The zero-order valence-electron chi connectivity index (χ0n) is 16.1. The van der Waals surface area contributed by atoms with Crippen LogP contribution >= 0.6 is 0 Å². The molecule has 134 valence electrons. The Morgan fingerprint density at radius 1 is 0.920 bits per heavy atom. The van der Waals surface area contributed by atoms with E-state index in [9.17, 15) is 4.79 Å². The van der Waals surface area contributed by atoms with Crippen molar-refractivity contribution in [3.63, 3.8) is 0 Å². The van der Waals surface area contributed by atoms with Gasteiger partial charge < -0.3 is 9.47 Å². The van der Waals surface area contributed by atoms with E-state index in [1.165, 1.54) is 5.56 Å². The zero-order chi connectivity index (χ0) is 18.6. The lowest BCUT2D eigenvalue weighted by Crippen LogP contribution is -2.10. The third-order valence-electron chi connectivity index (χ3n) is 4.50. The van der Waals surface area contributed by atoms with E-state index in [0.29, 0.717) is 24.0 Å². The van der Waals surface area contributed by atoms with E-state index in [2.05, 4.69) is 39.8 Å². The van der Waals surface area contributed by atoms with Gasteiger partial charge in [0.25, 0.3) is 0 Å². The van der Waals surface area contributed by atoms with Crippen LogP contribution in [0.2, 0.25) is 0 Å². The van der Waals surface area contributed by atoms with Crippen LogP contribution in [0, 0.1) is 0 Å². The summed E-state index contributed by atoms with van der Waals surface area (Å²) in [6.07, 6.45) is 0.293. The molecule has 25 heavy (non-hydrogen) atoms. The summed E-state index contributed by atoms with van der Waals surface area (Å²) in [6, 6.07) is 11.8. The molecule has 0 N–H and O–H groups in total. The summed E-state index contributed by atoms with van der Waals surface area (Å²) in [5.41, 5.74) is 4.01. The molecule has 0 aliphatic rings. The van der Waals surface area contributed by atoms with Crippen LogP contribution < -0.4 is 9.47 Å². The Balaban J connectivity index is 2.38. The van der Waals surface area contributed by atoms with E-state index in [0.717, 1.165) is 22.4 Å². The van der Waals surface area contributed by atoms with Crippen LogP contribution in [-0.2, 0) is 6.42 Å². The molecule has 0 radical (unpaired) electrons. The van der Waals surface area contributed by atoms with Crippen LogP contribution in [0.3, 0.4) is 0 Å². The lowest BCUT2D eigenvalue weighted by atomic mass is 9.88. The SMILES string of the molecule is COc1ccc(OC)c(CC(=O)c2ccc(C(C)C)cc2C(C)C)c1. The van der Waals surface area contributed by atoms with Crippen LogP contribution in [0.5, 0.6) is 11.5 Å². The van der Waals surface area contributed by atoms with Crippen LogP contribution in [0.25, 0.3) is 0 Å². The van der Waals surface area contributed by atoms with Crippen LogP contribution in [0.1, 0.15) is 66.6 Å². The summed E-state index contributed by atoms with van der Waals surface area (Å²) < 4.78 is 10.7. The fraction of sp³-hybridized carbons (Fsp3) is 0.409. The first-order valence-electron chi connectivity index (χ1n) is 8.75. The number of carbonyl (C=O) groups excluding carboxylic acids is 1. The van der Waals surface area contributed by atoms with Crippen molar-refractivity contribution in [3.8, 4) is 11.5 Å². The highest BCUT2D eigenvalue weighted by Gasteiger charge is 2.18. The summed E-state index contributed by atoms with van der Waals surface area (Å²) in [7, 11) is 3.24. The first-order chi connectivity index (χ1) is 11.9. The molecule has 0 amide bonds. The Hall–Kier alpha value is -2.29. The summed E-state index contributed by atoms with van der Waals surface area (Å²) >= 11 is 0. The largest absolute Gasteiger partial charge is 0.497 e. The Bertz CT molecular complexity index is 745. The second kappa shape index (κ2) is 8.19. The molecule has 0 fully saturated rings. The molecule has 0 unspecified atom stereocenters. The van der Waals surface area contributed by atoms with Gasteiger partial charge in [-0.3, -0.25) is 4.79 Å². The summed E-state index contributed by atoms with van der Waals surface area (Å²) in [5.74, 6) is 2.28. The molecule has 0 aromatic heterocycles. The Morgan fingerprint density at radius 3 is 2.20 bits per heavy atom. The third-order valence-corrected chi connectivity index (χ3v) is 4.50. The predicted molar refractivity (Wildman–Crippen MR) is 102 cm³/mol. The quantitative estimate of drug-likeness (QED) is 0.635. The Kier molecular flexibility index (Phi) is 6.24. The fourth-order valence-electron chi connectivity index (χ4n) is 2.96. The molecule has 2 aromatic carbocycles. The topological polar surface area (TPSA) is 35.5 Å². The van der Waals surface area contributed by atoms with Gasteiger partial charge in [-0.05, 0) is 41.2 Å². The number of benzene rings is 2. The maximum atomic E-state index is 13.0. The van der Waals surface area contributed by atoms with Gasteiger partial charge in [0.05, 0.1) is 14.2 Å². The lowest BCUT2D eigenvalue weighted by Gasteiger charge is -2.16. The van der Waals surface area contributed by atoms with Crippen molar-refractivity contribution in [2.75, 3.05) is 14.2 Å². The van der Waals surface area contributed by atoms with Crippen molar-refractivity contribution in [2.24, 2.45) is 0 Å². The van der Waals surface area contributed by atoms with Crippen LogP contribution in [0.4, 0.5) is 0 Å². The number of Topliss-reactive ketones (excluding diaryl/α,β-unsaturated/α-hetero) is 1. The third kappa shape index (κ3) is 4.41. The van der Waals surface area contributed by atoms with Gasteiger partial charge in [-0.25, -0.2) is 0 Å². The van der Waals surface area contributed by atoms with Gasteiger partial charge in [0.2, 0.25) is 0 Å². The molecule has 3 heteroatoms. The molecule has 0 spiro atoms. The molecule has 2 rings (SSSR count). The van der Waals surface area contributed by atoms with E-state index in [-0.39, 0.29) is 5.78 Å². The monoisotopic (exact) mass is 340 g/mol. The van der Waals surface area contributed by atoms with E-state index < -0.39 is 0 Å². The molecule has 0 bridgehead atoms. The fourth-order valence-corrected chi connectivity index (χ4v) is 2.96. The minimum Gasteiger partial charge on any atom is -0.497 e. The van der Waals surface area contributed by atoms with Crippen molar-refractivity contribution in [2.45, 2.75) is 46.0 Å². The highest BCUT2D eigenvalue weighted by atomic mass is 16.5. The van der Waals surface area contributed by atoms with Crippen molar-refractivity contribution in [1.82, 2.24) is 0 Å². The number of hydrogen-bond acceptors (Lipinski definition) is 3. The standard InChI is InChI=1S/C22H28O3/c1-14(2)16-7-9-19(20(12-16)15(3)4)21(23)13-17-11-18(24-5)8-10-22(17)25-6/h7-12,14-15H,13H2,1-6H3. The van der Waals surface area contributed by atoms with Gasteiger partial charge >= 0.3 is 0 Å². The average molecular weight is 340 g/mol. The number of carbonyl (C=O) groups is 1. The van der Waals surface area contributed by atoms with E-state index in [1.807, 2.05) is 24.3 Å². The number of hydrogen-bond donors (Lipinski definition) is 0. The van der Waals surface area contributed by atoms with Crippen LogP contribution in [0.15, 0.2) is 36.4 Å². The van der Waals surface area contributed by atoms with Gasteiger partial charge in [0.1, 0.15) is 11.5 Å². The second-order valence-electron chi connectivity index (χ2n) is 6.93. The van der Waals surface area contributed by atoms with Gasteiger partial charge in [-0.15, -0.1) is 0 Å². The first kappa shape index (κ1) is 19.0. The van der Waals surface area contributed by atoms with E-state index in [4.69, 9.17) is 9.47 Å². The van der Waals surface area contributed by atoms with Gasteiger partial charge in [0.15, 0.2) is 5.78 Å². The molecule has 0 saturated heterocycles. The molecule has 0 aliphatic heterocycles. The first-order valence-corrected chi connectivity index (χ1v) is 8.75. The molecule has 3 nitrogen and oxygen atoms in total. The predicted octanol–water partition coefficient (Wildman–Crippen LogP) is 5.38. The Morgan fingerprint density at radius 2 is 1.64 bits per heavy atom. The molecule has 0 heterocycles. The second-order valence-corrected chi connectivity index (χ2v) is 6.93. The zero-order valence-corrected chi connectivity index (χ0v) is 16.1. The molecule has 0 saturated carbocycles. The minimum absolute atomic E-state index is 0.102. The molecule has 0 atom stereocenters. The average Bonchev–Trinajstić information content (AvgIpc) is 2.60. The number of methoxy groups -OCH3 is 2. The number of ketones is 1. The smallest absolute Gasteiger partial charge is 0.167 e. The van der Waals surface area contributed by atoms with Crippen LogP contribution in [-0.4, -0.2) is 20.0 Å². The molecular formula is C22H28O3. The highest BCUT2D eigenvalue weighted by molar-refractivity contribution is 5.99. The maximum Gasteiger partial charge on any atom is 0.167 e.